The molecule has 0 atom stereocenters. The van der Waals surface area contributed by atoms with Crippen molar-refractivity contribution in [3.05, 3.63) is 182 Å². The van der Waals surface area contributed by atoms with E-state index in [0.29, 0.717) is 5.82 Å². The fourth-order valence-electron chi connectivity index (χ4n) is 9.41. The van der Waals surface area contributed by atoms with Crippen LogP contribution in [-0.2, 0) is 0 Å². The lowest BCUT2D eigenvalue weighted by Gasteiger charge is -2.16. The van der Waals surface area contributed by atoms with E-state index in [1.54, 1.807) is 0 Å². The second-order valence-electron chi connectivity index (χ2n) is 14.9. The third kappa shape index (κ3) is 4.32. The van der Waals surface area contributed by atoms with Crippen molar-refractivity contribution in [2.75, 3.05) is 0 Å². The molecule has 0 spiro atoms. The summed E-state index contributed by atoms with van der Waals surface area (Å²) in [5, 5.41) is 13.2. The lowest BCUT2D eigenvalue weighted by molar-refractivity contribution is 1.08. The number of nitrogens with zero attached hydrogens (tertiary/aromatic N) is 4. The highest BCUT2D eigenvalue weighted by atomic mass is 32.1. The fourth-order valence-corrected chi connectivity index (χ4v) is 10.5. The Bertz CT molecular complexity index is 3830. The normalized spacial score (nSPS) is 12.2. The van der Waals surface area contributed by atoms with Crippen LogP contribution >= 0.6 is 11.3 Å². The summed E-state index contributed by atoms with van der Waals surface area (Å²) in [6.07, 6.45) is 0. The molecule has 9 aromatic carbocycles. The topological polar surface area (TPSA) is 35.6 Å². The van der Waals surface area contributed by atoms with Crippen LogP contribution in [0.1, 0.15) is 0 Å². The summed E-state index contributed by atoms with van der Waals surface area (Å²) in [6.45, 7) is 0. The summed E-state index contributed by atoms with van der Waals surface area (Å²) in [4.78, 5) is 10.8. The molecule has 13 rings (SSSR count). The van der Waals surface area contributed by atoms with E-state index in [9.17, 15) is 0 Å². The molecule has 0 saturated carbocycles. The average molecular weight is 743 g/mol. The number of rotatable bonds is 3. The Morgan fingerprint density at radius 1 is 0.386 bits per heavy atom. The Morgan fingerprint density at radius 2 is 1.04 bits per heavy atom. The number of fused-ring (bicyclic) bond motifs is 13. The van der Waals surface area contributed by atoms with Crippen LogP contribution in [0.25, 0.3) is 119 Å². The molecule has 0 aliphatic heterocycles. The van der Waals surface area contributed by atoms with E-state index in [1.807, 2.05) is 11.3 Å². The van der Waals surface area contributed by atoms with Gasteiger partial charge in [-0.25, -0.2) is 9.97 Å². The molecule has 4 heterocycles. The third-order valence-corrected chi connectivity index (χ3v) is 13.0. The first kappa shape index (κ1) is 30.9. The summed E-state index contributed by atoms with van der Waals surface area (Å²) in [7, 11) is 0. The van der Waals surface area contributed by atoms with Crippen molar-refractivity contribution in [2.45, 2.75) is 0 Å². The third-order valence-electron chi connectivity index (χ3n) is 11.9. The van der Waals surface area contributed by atoms with E-state index in [0.717, 1.165) is 33.3 Å². The standard InChI is InChI=1S/C52H30N4S/c1-3-15-34-31(13-1)25-27-38-36-17-6-10-22-43(36)56(49(34)38)50-35-16-4-2-14-32(35)30-45-48(50)40-20-7-11-23-44(40)55(45)52-39-19-5-9-21-42(39)53-51(54-52)33-26-28-47-41(29-33)37-18-8-12-24-46(37)57-47/h1-30H. The van der Waals surface area contributed by atoms with Crippen molar-refractivity contribution >= 4 is 108 Å². The summed E-state index contributed by atoms with van der Waals surface area (Å²) in [5.41, 5.74) is 7.69. The summed E-state index contributed by atoms with van der Waals surface area (Å²) in [5.74, 6) is 1.58. The number of para-hydroxylation sites is 3. The predicted molar refractivity (Wildman–Crippen MR) is 242 cm³/mol. The number of hydrogen-bond donors (Lipinski definition) is 0. The quantitative estimate of drug-likeness (QED) is 0.181. The number of benzene rings is 9. The summed E-state index contributed by atoms with van der Waals surface area (Å²) >= 11 is 1.83. The minimum Gasteiger partial charge on any atom is -0.307 e. The van der Waals surface area contributed by atoms with Gasteiger partial charge >= 0.3 is 0 Å². The van der Waals surface area contributed by atoms with Crippen molar-refractivity contribution in [3.8, 4) is 22.9 Å². The lowest BCUT2D eigenvalue weighted by atomic mass is 10.0. The van der Waals surface area contributed by atoms with Gasteiger partial charge in [0.25, 0.3) is 0 Å². The van der Waals surface area contributed by atoms with Crippen LogP contribution in [0, 0.1) is 0 Å². The molecule has 0 aliphatic rings. The van der Waals surface area contributed by atoms with Gasteiger partial charge < -0.3 is 4.57 Å². The molecule has 4 aromatic heterocycles. The van der Waals surface area contributed by atoms with Gasteiger partial charge in [0.05, 0.1) is 33.3 Å². The minimum atomic E-state index is 0.710. The van der Waals surface area contributed by atoms with E-state index < -0.39 is 0 Å². The van der Waals surface area contributed by atoms with E-state index in [1.165, 1.54) is 80.0 Å². The fraction of sp³-hybridized carbons (Fsp3) is 0. The van der Waals surface area contributed by atoms with Gasteiger partial charge in [0, 0.05) is 63.4 Å². The van der Waals surface area contributed by atoms with E-state index in [4.69, 9.17) is 9.97 Å². The molecule has 5 heteroatoms. The molecule has 0 radical (unpaired) electrons. The molecule has 0 fully saturated rings. The molecule has 0 bridgehead atoms. The first-order valence-corrected chi connectivity index (χ1v) is 20.2. The van der Waals surface area contributed by atoms with E-state index >= 15 is 0 Å². The highest BCUT2D eigenvalue weighted by Crippen LogP contribution is 2.45. The van der Waals surface area contributed by atoms with Gasteiger partial charge in [-0.05, 0) is 65.4 Å². The zero-order chi connectivity index (χ0) is 37.2. The van der Waals surface area contributed by atoms with Crippen molar-refractivity contribution in [1.82, 2.24) is 19.1 Å². The number of hydrogen-bond acceptors (Lipinski definition) is 3. The predicted octanol–water partition coefficient (Wildman–Crippen LogP) is 14.2. The second kappa shape index (κ2) is 11.6. The van der Waals surface area contributed by atoms with Crippen LogP contribution < -0.4 is 0 Å². The molecule has 13 aromatic rings. The molecule has 0 N–H and O–H groups in total. The smallest absolute Gasteiger partial charge is 0.162 e. The molecular formula is C52H30N4S. The van der Waals surface area contributed by atoms with Crippen LogP contribution in [0.5, 0.6) is 0 Å². The van der Waals surface area contributed by atoms with E-state index in [-0.39, 0.29) is 0 Å². The first-order valence-electron chi connectivity index (χ1n) is 19.3. The Balaban J connectivity index is 1.19. The minimum absolute atomic E-state index is 0.710. The van der Waals surface area contributed by atoms with Gasteiger partial charge in [-0.15, -0.1) is 11.3 Å². The zero-order valence-electron chi connectivity index (χ0n) is 30.5. The maximum Gasteiger partial charge on any atom is 0.162 e. The number of aromatic nitrogens is 4. The molecule has 0 amide bonds. The van der Waals surface area contributed by atoms with Crippen molar-refractivity contribution in [3.63, 3.8) is 0 Å². The molecule has 0 unspecified atom stereocenters. The molecule has 4 nitrogen and oxygen atoms in total. The van der Waals surface area contributed by atoms with Crippen LogP contribution in [-0.4, -0.2) is 19.1 Å². The second-order valence-corrected chi connectivity index (χ2v) is 16.0. The Labute approximate surface area is 330 Å². The van der Waals surface area contributed by atoms with Crippen molar-refractivity contribution < 1.29 is 0 Å². The van der Waals surface area contributed by atoms with Crippen LogP contribution in [0.4, 0.5) is 0 Å². The molecule has 57 heavy (non-hydrogen) atoms. The molecule has 0 aliphatic carbocycles. The Hall–Kier alpha value is -7.34. The highest BCUT2D eigenvalue weighted by molar-refractivity contribution is 7.25. The van der Waals surface area contributed by atoms with Gasteiger partial charge in [-0.2, -0.15) is 0 Å². The maximum absolute atomic E-state index is 5.55. The van der Waals surface area contributed by atoms with Gasteiger partial charge in [0.15, 0.2) is 5.82 Å². The monoisotopic (exact) mass is 742 g/mol. The SMILES string of the molecule is c1ccc2c(-n3c4ccccc4c4ccc5ccccc5c43)c3c4ccccc4n(-c4nc(-c5ccc6sc7ccccc7c6c5)nc5ccccc45)c3cc2c1. The molecule has 0 saturated heterocycles. The van der Waals surface area contributed by atoms with E-state index in [2.05, 4.69) is 191 Å². The van der Waals surface area contributed by atoms with Crippen molar-refractivity contribution in [2.24, 2.45) is 0 Å². The molecular weight excluding hydrogens is 713 g/mol. The van der Waals surface area contributed by atoms with Crippen molar-refractivity contribution in [1.29, 1.82) is 0 Å². The average Bonchev–Trinajstić information content (AvgIpc) is 3.93. The summed E-state index contributed by atoms with van der Waals surface area (Å²) < 4.78 is 7.48. The summed E-state index contributed by atoms with van der Waals surface area (Å²) in [6, 6.07) is 66.0. The van der Waals surface area contributed by atoms with Gasteiger partial charge in [-0.3, -0.25) is 4.57 Å². The van der Waals surface area contributed by atoms with Gasteiger partial charge in [0.2, 0.25) is 0 Å². The van der Waals surface area contributed by atoms with Crippen LogP contribution in [0.2, 0.25) is 0 Å². The van der Waals surface area contributed by atoms with Crippen LogP contribution in [0.3, 0.4) is 0 Å². The maximum atomic E-state index is 5.55. The number of thiophene rings is 1. The largest absolute Gasteiger partial charge is 0.307 e. The Kier molecular flexibility index (Phi) is 6.29. The molecule has 264 valence electrons. The van der Waals surface area contributed by atoms with Gasteiger partial charge in [0.1, 0.15) is 5.82 Å². The van der Waals surface area contributed by atoms with Crippen LogP contribution in [0.15, 0.2) is 182 Å². The lowest BCUT2D eigenvalue weighted by Crippen LogP contribution is -2.03. The first-order chi connectivity index (χ1) is 28.3. The highest BCUT2D eigenvalue weighted by Gasteiger charge is 2.25. The van der Waals surface area contributed by atoms with Gasteiger partial charge in [-0.1, -0.05) is 127 Å². The Morgan fingerprint density at radius 3 is 1.89 bits per heavy atom. The zero-order valence-corrected chi connectivity index (χ0v) is 31.3.